The summed E-state index contributed by atoms with van der Waals surface area (Å²) < 4.78 is 12.9. The number of hydrogen-bond donors (Lipinski definition) is 3. The van der Waals surface area contributed by atoms with E-state index in [9.17, 15) is 4.39 Å². The van der Waals surface area contributed by atoms with Crippen molar-refractivity contribution in [2.75, 3.05) is 18.5 Å². The van der Waals surface area contributed by atoms with Gasteiger partial charge >= 0.3 is 0 Å². The van der Waals surface area contributed by atoms with Crippen molar-refractivity contribution < 1.29 is 14.6 Å². The van der Waals surface area contributed by atoms with E-state index >= 15 is 0 Å². The standard InChI is InChI=1S/C7H9ClFN3O2/c8-7-11-2-5(9)6(12-7)10-1-4(14)3-13/h2,4,13-14H,1,3H2,(H,10,11,12). The van der Waals surface area contributed by atoms with Gasteiger partial charge in [0.1, 0.15) is 0 Å². The molecule has 1 aromatic heterocycles. The molecule has 1 heterocycles. The first kappa shape index (κ1) is 11.1. The fourth-order valence-corrected chi connectivity index (χ4v) is 0.882. The molecule has 0 saturated carbocycles. The topological polar surface area (TPSA) is 78.3 Å². The molecule has 78 valence electrons. The van der Waals surface area contributed by atoms with Crippen LogP contribution in [0.4, 0.5) is 10.2 Å². The number of aromatic nitrogens is 2. The van der Waals surface area contributed by atoms with E-state index in [2.05, 4.69) is 15.3 Å². The van der Waals surface area contributed by atoms with Gasteiger partial charge in [0.15, 0.2) is 11.6 Å². The summed E-state index contributed by atoms with van der Waals surface area (Å²) in [7, 11) is 0. The normalized spacial score (nSPS) is 12.6. The van der Waals surface area contributed by atoms with E-state index in [-0.39, 0.29) is 17.6 Å². The first-order chi connectivity index (χ1) is 6.63. The summed E-state index contributed by atoms with van der Waals surface area (Å²) in [6.07, 6.45) is -0.0497. The molecule has 1 aromatic rings. The van der Waals surface area contributed by atoms with Gasteiger partial charge in [0.25, 0.3) is 0 Å². The average Bonchev–Trinajstić information content (AvgIpc) is 2.19. The molecule has 7 heteroatoms. The number of halogens is 2. The number of aliphatic hydroxyl groups excluding tert-OH is 2. The number of aliphatic hydroxyl groups is 2. The Morgan fingerprint density at radius 3 is 3.00 bits per heavy atom. The third-order valence-corrected chi connectivity index (χ3v) is 1.61. The van der Waals surface area contributed by atoms with E-state index in [0.29, 0.717) is 0 Å². The molecule has 5 nitrogen and oxygen atoms in total. The summed E-state index contributed by atoms with van der Waals surface area (Å²) in [5.41, 5.74) is 0. The second-order valence-corrected chi connectivity index (χ2v) is 2.89. The Balaban J connectivity index is 2.62. The largest absolute Gasteiger partial charge is 0.394 e. The second kappa shape index (κ2) is 5.04. The third-order valence-electron chi connectivity index (χ3n) is 1.43. The van der Waals surface area contributed by atoms with Gasteiger partial charge in [0.05, 0.1) is 18.9 Å². The van der Waals surface area contributed by atoms with Crippen LogP contribution in [-0.4, -0.2) is 39.4 Å². The third kappa shape index (κ3) is 3.06. The summed E-state index contributed by atoms with van der Waals surface area (Å²) in [6.45, 7) is -0.422. The van der Waals surface area contributed by atoms with Crippen LogP contribution >= 0.6 is 11.6 Å². The van der Waals surface area contributed by atoms with E-state index in [1.54, 1.807) is 0 Å². The zero-order valence-corrected chi connectivity index (χ0v) is 7.87. The molecule has 0 amide bonds. The summed E-state index contributed by atoms with van der Waals surface area (Å²) in [4.78, 5) is 6.97. The quantitative estimate of drug-likeness (QED) is 0.626. The SMILES string of the molecule is OCC(O)CNc1nc(Cl)ncc1F. The molecule has 0 aromatic carbocycles. The van der Waals surface area contributed by atoms with Crippen LogP contribution in [0.5, 0.6) is 0 Å². The first-order valence-corrected chi connectivity index (χ1v) is 4.22. The first-order valence-electron chi connectivity index (χ1n) is 3.84. The van der Waals surface area contributed by atoms with E-state index < -0.39 is 18.5 Å². The van der Waals surface area contributed by atoms with E-state index in [1.807, 2.05) is 0 Å². The second-order valence-electron chi connectivity index (χ2n) is 2.55. The lowest BCUT2D eigenvalue weighted by Crippen LogP contribution is -2.23. The highest BCUT2D eigenvalue weighted by Crippen LogP contribution is 2.11. The summed E-state index contributed by atoms with van der Waals surface area (Å²) >= 11 is 5.43. The van der Waals surface area contributed by atoms with Gasteiger partial charge in [0.2, 0.25) is 5.28 Å². The van der Waals surface area contributed by atoms with Crippen LogP contribution in [0.25, 0.3) is 0 Å². The average molecular weight is 222 g/mol. The zero-order chi connectivity index (χ0) is 10.6. The molecular weight excluding hydrogens is 213 g/mol. The Morgan fingerprint density at radius 2 is 2.36 bits per heavy atom. The summed E-state index contributed by atoms with van der Waals surface area (Å²) in [5, 5.41) is 19.9. The predicted octanol–water partition coefficient (Wildman–Crippen LogP) is 0.0342. The summed E-state index contributed by atoms with van der Waals surface area (Å²) in [5.74, 6) is -0.767. The van der Waals surface area contributed by atoms with Gasteiger partial charge in [-0.25, -0.2) is 9.37 Å². The molecule has 0 aliphatic carbocycles. The van der Waals surface area contributed by atoms with Crippen molar-refractivity contribution in [3.05, 3.63) is 17.3 Å². The van der Waals surface area contributed by atoms with E-state index in [4.69, 9.17) is 21.8 Å². The molecule has 0 saturated heterocycles. The highest BCUT2D eigenvalue weighted by atomic mass is 35.5. The van der Waals surface area contributed by atoms with Crippen molar-refractivity contribution >= 4 is 17.4 Å². The monoisotopic (exact) mass is 221 g/mol. The maximum atomic E-state index is 12.9. The van der Waals surface area contributed by atoms with Crippen molar-refractivity contribution in [1.29, 1.82) is 0 Å². The van der Waals surface area contributed by atoms with Crippen molar-refractivity contribution in [1.82, 2.24) is 9.97 Å². The zero-order valence-electron chi connectivity index (χ0n) is 7.11. The van der Waals surface area contributed by atoms with E-state index in [0.717, 1.165) is 6.20 Å². The van der Waals surface area contributed by atoms with Crippen molar-refractivity contribution in [3.63, 3.8) is 0 Å². The molecule has 14 heavy (non-hydrogen) atoms. The Bertz CT molecular complexity index is 313. The Labute approximate surface area is 84.6 Å². The van der Waals surface area contributed by atoms with Crippen LogP contribution < -0.4 is 5.32 Å². The number of hydrogen-bond acceptors (Lipinski definition) is 5. The van der Waals surface area contributed by atoms with Crippen LogP contribution in [0.1, 0.15) is 0 Å². The smallest absolute Gasteiger partial charge is 0.224 e. The minimum Gasteiger partial charge on any atom is -0.394 e. The molecule has 0 aliphatic heterocycles. The van der Waals surface area contributed by atoms with E-state index in [1.165, 1.54) is 0 Å². The highest BCUT2D eigenvalue weighted by Gasteiger charge is 2.07. The number of nitrogens with zero attached hydrogens (tertiary/aromatic N) is 2. The lowest BCUT2D eigenvalue weighted by Gasteiger charge is -2.09. The molecule has 1 rings (SSSR count). The van der Waals surface area contributed by atoms with Crippen LogP contribution in [-0.2, 0) is 0 Å². The number of nitrogens with one attached hydrogen (secondary N) is 1. The van der Waals surface area contributed by atoms with Crippen molar-refractivity contribution in [2.24, 2.45) is 0 Å². The minimum atomic E-state index is -0.969. The molecule has 0 aliphatic rings. The molecule has 0 fully saturated rings. The molecule has 0 bridgehead atoms. The fourth-order valence-electron chi connectivity index (χ4n) is 0.749. The molecule has 0 spiro atoms. The Hall–Kier alpha value is -0.980. The van der Waals surface area contributed by atoms with Crippen LogP contribution in [0.15, 0.2) is 6.20 Å². The Morgan fingerprint density at radius 1 is 1.64 bits per heavy atom. The predicted molar refractivity (Wildman–Crippen MR) is 48.6 cm³/mol. The highest BCUT2D eigenvalue weighted by molar-refractivity contribution is 6.28. The lowest BCUT2D eigenvalue weighted by molar-refractivity contribution is 0.105. The van der Waals surface area contributed by atoms with Gasteiger partial charge in [-0.3, -0.25) is 0 Å². The molecule has 3 N–H and O–H groups in total. The van der Waals surface area contributed by atoms with Crippen LogP contribution in [0, 0.1) is 5.82 Å². The van der Waals surface area contributed by atoms with Gasteiger partial charge in [0, 0.05) is 6.54 Å². The van der Waals surface area contributed by atoms with Crippen LogP contribution in [0.2, 0.25) is 5.28 Å². The van der Waals surface area contributed by atoms with Gasteiger partial charge < -0.3 is 15.5 Å². The van der Waals surface area contributed by atoms with Gasteiger partial charge in [-0.1, -0.05) is 0 Å². The molecule has 0 radical (unpaired) electrons. The number of rotatable bonds is 4. The summed E-state index contributed by atoms with van der Waals surface area (Å²) in [6, 6.07) is 0. The minimum absolute atomic E-state index is 0.0131. The number of anilines is 1. The van der Waals surface area contributed by atoms with Gasteiger partial charge in [-0.2, -0.15) is 4.98 Å². The fraction of sp³-hybridized carbons (Fsp3) is 0.429. The van der Waals surface area contributed by atoms with Crippen molar-refractivity contribution in [2.45, 2.75) is 6.10 Å². The maximum absolute atomic E-state index is 12.9. The molecule has 1 unspecified atom stereocenters. The van der Waals surface area contributed by atoms with Gasteiger partial charge in [-0.05, 0) is 11.6 Å². The van der Waals surface area contributed by atoms with Gasteiger partial charge in [-0.15, -0.1) is 0 Å². The Kier molecular flexibility index (Phi) is 3.99. The van der Waals surface area contributed by atoms with Crippen LogP contribution in [0.3, 0.4) is 0 Å². The maximum Gasteiger partial charge on any atom is 0.224 e. The molecular formula is C7H9ClFN3O2. The van der Waals surface area contributed by atoms with Crippen molar-refractivity contribution in [3.8, 4) is 0 Å². The lowest BCUT2D eigenvalue weighted by atomic mass is 10.4. The molecule has 1 atom stereocenters.